The SMILES string of the molecule is COc1ccc(Cl)cc1-c1nn(CC(N)=O)cc1NC(=O)c1cnn2cccnc12. The minimum atomic E-state index is -0.577. The van der Waals surface area contributed by atoms with Crippen molar-refractivity contribution in [2.24, 2.45) is 5.73 Å². The van der Waals surface area contributed by atoms with Crippen LogP contribution in [0.5, 0.6) is 5.75 Å². The molecule has 0 unspecified atom stereocenters. The van der Waals surface area contributed by atoms with Gasteiger partial charge in [-0.25, -0.2) is 9.50 Å². The number of nitrogens with two attached hydrogens (primary N) is 1. The maximum atomic E-state index is 12.9. The smallest absolute Gasteiger partial charge is 0.261 e. The van der Waals surface area contributed by atoms with Crippen LogP contribution >= 0.6 is 11.6 Å². The number of ether oxygens (including phenoxy) is 1. The van der Waals surface area contributed by atoms with Crippen LogP contribution in [0.1, 0.15) is 10.4 Å². The summed E-state index contributed by atoms with van der Waals surface area (Å²) in [5.41, 5.74) is 7.23. The molecule has 0 spiro atoms. The maximum absolute atomic E-state index is 12.9. The van der Waals surface area contributed by atoms with Crippen molar-refractivity contribution in [3.8, 4) is 17.0 Å². The van der Waals surface area contributed by atoms with Gasteiger partial charge >= 0.3 is 0 Å². The van der Waals surface area contributed by atoms with Crippen molar-refractivity contribution in [2.45, 2.75) is 6.54 Å². The summed E-state index contributed by atoms with van der Waals surface area (Å²) >= 11 is 6.15. The molecular weight excluding hydrogens is 410 g/mol. The third kappa shape index (κ3) is 3.67. The number of carbonyl (C=O) groups is 2. The van der Waals surface area contributed by atoms with Crippen LogP contribution in [-0.2, 0) is 11.3 Å². The number of fused-ring (bicyclic) bond motifs is 1. The van der Waals surface area contributed by atoms with Gasteiger partial charge in [0, 0.05) is 29.2 Å². The number of methoxy groups -OCH3 is 1. The standard InChI is InChI=1S/C19H16ClN7O3/c1-30-15-4-3-11(20)7-12(15)17-14(9-26(25-17)10-16(21)28)24-19(29)13-8-23-27-6-2-5-22-18(13)27/h2-9H,10H2,1H3,(H2,21,28)(H,24,29). The monoisotopic (exact) mass is 425 g/mol. The average molecular weight is 426 g/mol. The first-order valence-corrected chi connectivity index (χ1v) is 9.13. The van der Waals surface area contributed by atoms with Crippen molar-refractivity contribution >= 4 is 34.7 Å². The molecule has 1 aromatic carbocycles. The number of halogens is 1. The fraction of sp³-hybridized carbons (Fsp3) is 0.105. The number of hydrogen-bond donors (Lipinski definition) is 2. The van der Waals surface area contributed by atoms with Gasteiger partial charge in [-0.2, -0.15) is 10.2 Å². The molecule has 0 atom stereocenters. The number of primary amides is 1. The number of amides is 2. The molecule has 3 aromatic heterocycles. The van der Waals surface area contributed by atoms with E-state index in [0.29, 0.717) is 33.4 Å². The molecule has 4 rings (SSSR count). The third-order valence-electron chi connectivity index (χ3n) is 4.27. The summed E-state index contributed by atoms with van der Waals surface area (Å²) in [5.74, 6) is -0.520. The summed E-state index contributed by atoms with van der Waals surface area (Å²) in [5, 5.41) is 11.8. The van der Waals surface area contributed by atoms with Crippen molar-refractivity contribution in [3.63, 3.8) is 0 Å². The van der Waals surface area contributed by atoms with E-state index in [2.05, 4.69) is 20.5 Å². The van der Waals surface area contributed by atoms with Gasteiger partial charge in [0.05, 0.1) is 19.0 Å². The van der Waals surface area contributed by atoms with Gasteiger partial charge in [0.15, 0.2) is 5.65 Å². The van der Waals surface area contributed by atoms with Crippen molar-refractivity contribution in [2.75, 3.05) is 12.4 Å². The van der Waals surface area contributed by atoms with E-state index >= 15 is 0 Å². The van der Waals surface area contributed by atoms with Gasteiger partial charge in [-0.3, -0.25) is 14.3 Å². The van der Waals surface area contributed by atoms with Gasteiger partial charge in [0.1, 0.15) is 23.6 Å². The lowest BCUT2D eigenvalue weighted by Crippen LogP contribution is -2.19. The first-order chi connectivity index (χ1) is 14.5. The van der Waals surface area contributed by atoms with E-state index in [4.69, 9.17) is 22.1 Å². The van der Waals surface area contributed by atoms with Gasteiger partial charge in [-0.05, 0) is 24.3 Å². The molecule has 4 aromatic rings. The van der Waals surface area contributed by atoms with Gasteiger partial charge in [-0.1, -0.05) is 11.6 Å². The van der Waals surface area contributed by atoms with Crippen LogP contribution < -0.4 is 15.8 Å². The highest BCUT2D eigenvalue weighted by molar-refractivity contribution is 6.31. The second-order valence-electron chi connectivity index (χ2n) is 6.30. The van der Waals surface area contributed by atoms with Crippen molar-refractivity contribution in [1.82, 2.24) is 24.4 Å². The second kappa shape index (κ2) is 7.84. The molecule has 30 heavy (non-hydrogen) atoms. The molecular formula is C19H16ClN7O3. The van der Waals surface area contributed by atoms with E-state index in [-0.39, 0.29) is 12.1 Å². The lowest BCUT2D eigenvalue weighted by molar-refractivity contribution is -0.118. The third-order valence-corrected chi connectivity index (χ3v) is 4.50. The summed E-state index contributed by atoms with van der Waals surface area (Å²) in [6.07, 6.45) is 6.19. The summed E-state index contributed by atoms with van der Waals surface area (Å²) in [6.45, 7) is -0.163. The Hall–Kier alpha value is -3.92. The van der Waals surface area contributed by atoms with E-state index in [1.807, 2.05) is 0 Å². The molecule has 0 aliphatic heterocycles. The quantitative estimate of drug-likeness (QED) is 0.486. The molecule has 0 radical (unpaired) electrons. The Kier molecular flexibility index (Phi) is 5.07. The molecule has 10 nitrogen and oxygen atoms in total. The number of rotatable bonds is 6. The molecule has 0 bridgehead atoms. The van der Waals surface area contributed by atoms with Crippen LogP contribution in [-0.4, -0.2) is 43.3 Å². The van der Waals surface area contributed by atoms with E-state index in [1.54, 1.807) is 36.7 Å². The Labute approximate surface area is 175 Å². The normalized spacial score (nSPS) is 10.9. The Balaban J connectivity index is 1.77. The summed E-state index contributed by atoms with van der Waals surface area (Å²) in [4.78, 5) is 28.5. The average Bonchev–Trinajstić information content (AvgIpc) is 3.31. The van der Waals surface area contributed by atoms with Gasteiger partial charge in [0.25, 0.3) is 5.91 Å². The van der Waals surface area contributed by atoms with Crippen LogP contribution in [0, 0.1) is 0 Å². The molecule has 3 N–H and O–H groups in total. The largest absolute Gasteiger partial charge is 0.496 e. The highest BCUT2D eigenvalue weighted by Crippen LogP contribution is 2.36. The number of aromatic nitrogens is 5. The van der Waals surface area contributed by atoms with Gasteiger partial charge in [-0.15, -0.1) is 0 Å². The van der Waals surface area contributed by atoms with Crippen LogP contribution in [0.15, 0.2) is 49.1 Å². The lowest BCUT2D eigenvalue weighted by Gasteiger charge is -2.09. The molecule has 2 amide bonds. The number of carbonyl (C=O) groups excluding carboxylic acids is 2. The zero-order valence-corrected chi connectivity index (χ0v) is 16.5. The molecule has 152 valence electrons. The Bertz CT molecular complexity index is 1260. The van der Waals surface area contributed by atoms with Crippen LogP contribution in [0.25, 0.3) is 16.9 Å². The molecule has 3 heterocycles. The number of nitrogens with one attached hydrogen (secondary N) is 1. The number of hydrogen-bond acceptors (Lipinski definition) is 6. The molecule has 0 aliphatic rings. The fourth-order valence-corrected chi connectivity index (χ4v) is 3.17. The zero-order valence-electron chi connectivity index (χ0n) is 15.7. The second-order valence-corrected chi connectivity index (χ2v) is 6.74. The molecule has 0 saturated heterocycles. The minimum Gasteiger partial charge on any atom is -0.496 e. The number of nitrogens with zero attached hydrogens (tertiary/aromatic N) is 5. The van der Waals surface area contributed by atoms with E-state index in [1.165, 1.54) is 28.7 Å². The van der Waals surface area contributed by atoms with E-state index < -0.39 is 11.8 Å². The fourth-order valence-electron chi connectivity index (χ4n) is 2.99. The predicted octanol–water partition coefficient (Wildman–Crippen LogP) is 1.99. The molecule has 11 heteroatoms. The van der Waals surface area contributed by atoms with Crippen molar-refractivity contribution in [3.05, 3.63) is 59.6 Å². The van der Waals surface area contributed by atoms with Gasteiger partial charge in [0.2, 0.25) is 5.91 Å². The van der Waals surface area contributed by atoms with Gasteiger partial charge < -0.3 is 15.8 Å². The summed E-state index contributed by atoms with van der Waals surface area (Å²) in [7, 11) is 1.51. The topological polar surface area (TPSA) is 129 Å². The van der Waals surface area contributed by atoms with Crippen LogP contribution in [0.4, 0.5) is 5.69 Å². The maximum Gasteiger partial charge on any atom is 0.261 e. The summed E-state index contributed by atoms with van der Waals surface area (Å²) in [6, 6.07) is 6.72. The predicted molar refractivity (Wildman–Crippen MR) is 109 cm³/mol. The number of anilines is 1. The van der Waals surface area contributed by atoms with Crippen molar-refractivity contribution in [1.29, 1.82) is 0 Å². The zero-order chi connectivity index (χ0) is 21.3. The van der Waals surface area contributed by atoms with E-state index in [9.17, 15) is 9.59 Å². The molecule has 0 aliphatic carbocycles. The highest BCUT2D eigenvalue weighted by Gasteiger charge is 2.21. The molecule has 0 fully saturated rings. The Morgan fingerprint density at radius 2 is 2.17 bits per heavy atom. The van der Waals surface area contributed by atoms with E-state index in [0.717, 1.165) is 0 Å². The summed E-state index contributed by atoms with van der Waals surface area (Å²) < 4.78 is 8.23. The van der Waals surface area contributed by atoms with Crippen molar-refractivity contribution < 1.29 is 14.3 Å². The van der Waals surface area contributed by atoms with Crippen LogP contribution in [0.3, 0.4) is 0 Å². The highest BCUT2D eigenvalue weighted by atomic mass is 35.5. The first kappa shape index (κ1) is 19.4. The number of benzene rings is 1. The minimum absolute atomic E-state index is 0.163. The lowest BCUT2D eigenvalue weighted by atomic mass is 10.1. The Morgan fingerprint density at radius 1 is 1.33 bits per heavy atom. The Morgan fingerprint density at radius 3 is 2.93 bits per heavy atom. The molecule has 0 saturated carbocycles. The first-order valence-electron chi connectivity index (χ1n) is 8.75. The van der Waals surface area contributed by atoms with Crippen LogP contribution in [0.2, 0.25) is 5.02 Å².